The van der Waals surface area contributed by atoms with Crippen molar-refractivity contribution in [3.63, 3.8) is 0 Å². The lowest BCUT2D eigenvalue weighted by Crippen LogP contribution is -2.00. The van der Waals surface area contributed by atoms with Gasteiger partial charge < -0.3 is 9.47 Å². The number of rotatable bonds is 4. The van der Waals surface area contributed by atoms with Crippen LogP contribution in [0.1, 0.15) is 0 Å². The number of nitrogens with zero attached hydrogens (tertiary/aromatic N) is 2. The second-order valence-corrected chi connectivity index (χ2v) is 4.53. The third-order valence-electron chi connectivity index (χ3n) is 3.32. The predicted molar refractivity (Wildman–Crippen MR) is 82.1 cm³/mol. The SMILES string of the molecule is COc1ccc(-n2nccc2-c2ccccc2)cc1OC. The third-order valence-corrected chi connectivity index (χ3v) is 3.32. The van der Waals surface area contributed by atoms with E-state index in [9.17, 15) is 0 Å². The van der Waals surface area contributed by atoms with Crippen LogP contribution in [0.25, 0.3) is 16.9 Å². The minimum atomic E-state index is 0.685. The molecule has 1 heterocycles. The molecular weight excluding hydrogens is 264 g/mol. The molecule has 3 rings (SSSR count). The molecule has 0 bridgehead atoms. The summed E-state index contributed by atoms with van der Waals surface area (Å²) in [6.07, 6.45) is 1.79. The Balaban J connectivity index is 2.08. The summed E-state index contributed by atoms with van der Waals surface area (Å²) in [6.45, 7) is 0. The molecule has 106 valence electrons. The molecule has 0 radical (unpaired) electrons. The molecule has 21 heavy (non-hydrogen) atoms. The summed E-state index contributed by atoms with van der Waals surface area (Å²) in [7, 11) is 3.25. The van der Waals surface area contributed by atoms with Gasteiger partial charge >= 0.3 is 0 Å². The van der Waals surface area contributed by atoms with E-state index in [0.717, 1.165) is 16.9 Å². The number of methoxy groups -OCH3 is 2. The van der Waals surface area contributed by atoms with Gasteiger partial charge in [0, 0.05) is 11.6 Å². The van der Waals surface area contributed by atoms with Crippen LogP contribution in [0.3, 0.4) is 0 Å². The first kappa shape index (κ1) is 13.2. The number of ether oxygens (including phenoxy) is 2. The van der Waals surface area contributed by atoms with Crippen LogP contribution in [0, 0.1) is 0 Å². The first-order valence-electron chi connectivity index (χ1n) is 6.65. The highest BCUT2D eigenvalue weighted by atomic mass is 16.5. The molecular formula is C17H16N2O2. The highest BCUT2D eigenvalue weighted by molar-refractivity contribution is 5.62. The van der Waals surface area contributed by atoms with Gasteiger partial charge in [-0.05, 0) is 18.2 Å². The van der Waals surface area contributed by atoms with Crippen LogP contribution >= 0.6 is 0 Å². The third kappa shape index (κ3) is 2.48. The monoisotopic (exact) mass is 280 g/mol. The molecule has 0 saturated heterocycles. The molecule has 0 aliphatic carbocycles. The van der Waals surface area contributed by atoms with Crippen molar-refractivity contribution in [2.24, 2.45) is 0 Å². The van der Waals surface area contributed by atoms with E-state index in [1.165, 1.54) is 0 Å². The van der Waals surface area contributed by atoms with Gasteiger partial charge in [-0.25, -0.2) is 4.68 Å². The quantitative estimate of drug-likeness (QED) is 0.733. The molecule has 2 aromatic carbocycles. The Labute approximate surface area is 123 Å². The fraction of sp³-hybridized carbons (Fsp3) is 0.118. The minimum absolute atomic E-state index is 0.685. The predicted octanol–water partition coefficient (Wildman–Crippen LogP) is 3.56. The summed E-state index contributed by atoms with van der Waals surface area (Å²) in [5, 5.41) is 4.41. The minimum Gasteiger partial charge on any atom is -0.493 e. The van der Waals surface area contributed by atoms with Gasteiger partial charge in [0.05, 0.1) is 31.8 Å². The maximum absolute atomic E-state index is 5.35. The molecule has 0 saturated carbocycles. The van der Waals surface area contributed by atoms with Crippen molar-refractivity contribution in [2.75, 3.05) is 14.2 Å². The van der Waals surface area contributed by atoms with Crippen LogP contribution in [0.4, 0.5) is 0 Å². The van der Waals surface area contributed by atoms with Crippen molar-refractivity contribution in [3.05, 3.63) is 60.8 Å². The highest BCUT2D eigenvalue weighted by Gasteiger charge is 2.10. The Hall–Kier alpha value is -2.75. The highest BCUT2D eigenvalue weighted by Crippen LogP contribution is 2.30. The first-order chi connectivity index (χ1) is 10.3. The lowest BCUT2D eigenvalue weighted by molar-refractivity contribution is 0.355. The summed E-state index contributed by atoms with van der Waals surface area (Å²) >= 11 is 0. The molecule has 0 aliphatic heterocycles. The average molecular weight is 280 g/mol. The van der Waals surface area contributed by atoms with Gasteiger partial charge in [0.1, 0.15) is 0 Å². The molecule has 0 atom stereocenters. The fourth-order valence-corrected chi connectivity index (χ4v) is 2.29. The lowest BCUT2D eigenvalue weighted by Gasteiger charge is -2.12. The molecule has 3 aromatic rings. The van der Waals surface area contributed by atoms with E-state index < -0.39 is 0 Å². The fourth-order valence-electron chi connectivity index (χ4n) is 2.29. The molecule has 4 nitrogen and oxygen atoms in total. The summed E-state index contributed by atoms with van der Waals surface area (Å²) in [5.74, 6) is 1.39. The smallest absolute Gasteiger partial charge is 0.162 e. The van der Waals surface area contributed by atoms with Crippen molar-refractivity contribution < 1.29 is 9.47 Å². The van der Waals surface area contributed by atoms with Crippen LogP contribution in [0.5, 0.6) is 11.5 Å². The van der Waals surface area contributed by atoms with Crippen molar-refractivity contribution in [1.82, 2.24) is 9.78 Å². The molecule has 0 N–H and O–H groups in total. The Morgan fingerprint density at radius 1 is 0.857 bits per heavy atom. The zero-order valence-corrected chi connectivity index (χ0v) is 12.0. The Bertz CT molecular complexity index is 736. The zero-order chi connectivity index (χ0) is 14.7. The van der Waals surface area contributed by atoms with Crippen LogP contribution < -0.4 is 9.47 Å². The second kappa shape index (κ2) is 5.71. The Morgan fingerprint density at radius 2 is 1.62 bits per heavy atom. The molecule has 0 spiro atoms. The standard InChI is InChI=1S/C17H16N2O2/c1-20-16-9-8-14(12-17(16)21-2)19-15(10-11-18-19)13-6-4-3-5-7-13/h3-12H,1-2H3. The number of benzene rings is 2. The molecule has 0 amide bonds. The van der Waals surface area contributed by atoms with Crippen molar-refractivity contribution in [2.45, 2.75) is 0 Å². The van der Waals surface area contributed by atoms with Crippen LogP contribution in [-0.4, -0.2) is 24.0 Å². The first-order valence-corrected chi connectivity index (χ1v) is 6.65. The van der Waals surface area contributed by atoms with Crippen molar-refractivity contribution in [1.29, 1.82) is 0 Å². The number of aromatic nitrogens is 2. The molecule has 1 aromatic heterocycles. The Morgan fingerprint density at radius 3 is 2.33 bits per heavy atom. The van der Waals surface area contributed by atoms with Gasteiger partial charge in [-0.3, -0.25) is 0 Å². The largest absolute Gasteiger partial charge is 0.493 e. The molecule has 0 fully saturated rings. The van der Waals surface area contributed by atoms with Gasteiger partial charge in [-0.2, -0.15) is 5.10 Å². The van der Waals surface area contributed by atoms with E-state index in [4.69, 9.17) is 9.47 Å². The topological polar surface area (TPSA) is 36.3 Å². The molecule has 0 unspecified atom stereocenters. The molecule has 0 aliphatic rings. The van der Waals surface area contributed by atoms with E-state index in [0.29, 0.717) is 11.5 Å². The maximum Gasteiger partial charge on any atom is 0.162 e. The average Bonchev–Trinajstić information content (AvgIpc) is 3.04. The van der Waals surface area contributed by atoms with E-state index in [2.05, 4.69) is 17.2 Å². The van der Waals surface area contributed by atoms with E-state index >= 15 is 0 Å². The van der Waals surface area contributed by atoms with Gasteiger partial charge in [0.25, 0.3) is 0 Å². The summed E-state index contributed by atoms with van der Waals surface area (Å²) in [4.78, 5) is 0. The van der Waals surface area contributed by atoms with Gasteiger partial charge in [0.2, 0.25) is 0 Å². The van der Waals surface area contributed by atoms with Crippen LogP contribution in [0.2, 0.25) is 0 Å². The van der Waals surface area contributed by atoms with Gasteiger partial charge in [-0.1, -0.05) is 30.3 Å². The van der Waals surface area contributed by atoms with E-state index in [-0.39, 0.29) is 0 Å². The number of hydrogen-bond acceptors (Lipinski definition) is 3. The molecule has 4 heteroatoms. The van der Waals surface area contributed by atoms with E-state index in [1.54, 1.807) is 20.4 Å². The normalized spacial score (nSPS) is 10.4. The van der Waals surface area contributed by atoms with Crippen molar-refractivity contribution >= 4 is 0 Å². The summed E-state index contributed by atoms with van der Waals surface area (Å²) in [6, 6.07) is 17.9. The number of hydrogen-bond donors (Lipinski definition) is 0. The summed E-state index contributed by atoms with van der Waals surface area (Å²) in [5.41, 5.74) is 3.07. The Kier molecular flexibility index (Phi) is 3.60. The van der Waals surface area contributed by atoms with Crippen molar-refractivity contribution in [3.8, 4) is 28.4 Å². The van der Waals surface area contributed by atoms with Crippen LogP contribution in [-0.2, 0) is 0 Å². The second-order valence-electron chi connectivity index (χ2n) is 4.53. The maximum atomic E-state index is 5.35. The summed E-state index contributed by atoms with van der Waals surface area (Å²) < 4.78 is 12.5. The van der Waals surface area contributed by atoms with E-state index in [1.807, 2.05) is 47.1 Å². The zero-order valence-electron chi connectivity index (χ0n) is 12.0. The lowest BCUT2D eigenvalue weighted by atomic mass is 10.1. The van der Waals surface area contributed by atoms with Crippen LogP contribution in [0.15, 0.2) is 60.8 Å². The van der Waals surface area contributed by atoms with Gasteiger partial charge in [-0.15, -0.1) is 0 Å². The van der Waals surface area contributed by atoms with Gasteiger partial charge in [0.15, 0.2) is 11.5 Å².